The van der Waals surface area contributed by atoms with Crippen LogP contribution in [0.25, 0.3) is 0 Å². The first-order chi connectivity index (χ1) is 11.5. The summed E-state index contributed by atoms with van der Waals surface area (Å²) >= 11 is 13.0. The molecule has 1 aromatic heterocycles. The Labute approximate surface area is 154 Å². The molecule has 0 aliphatic heterocycles. The van der Waals surface area contributed by atoms with Crippen LogP contribution in [-0.2, 0) is 4.79 Å². The molecule has 2 aromatic rings. The molecule has 0 unspecified atom stereocenters. The van der Waals surface area contributed by atoms with Crippen LogP contribution in [0.3, 0.4) is 0 Å². The molecule has 0 saturated heterocycles. The number of halogens is 2. The Hall–Kier alpha value is -1.76. The topological polar surface area (TPSA) is 58.6 Å². The first-order valence-corrected chi connectivity index (χ1v) is 8.70. The summed E-state index contributed by atoms with van der Waals surface area (Å²) in [5.41, 5.74) is 0.851. The largest absolute Gasteiger partial charge is 0.495 e. The number of nitrogens with one attached hydrogen (secondary N) is 1. The van der Waals surface area contributed by atoms with E-state index in [0.29, 0.717) is 32.2 Å². The monoisotopic (exact) mass is 386 g/mol. The molecule has 2 rings (SSSR count). The number of likely N-dealkylation sites (N-methyl/N-ethyl adjacent to an activating group) is 1. The van der Waals surface area contributed by atoms with Gasteiger partial charge in [-0.15, -0.1) is 11.3 Å². The lowest BCUT2D eigenvalue weighted by atomic mass is 10.2. The van der Waals surface area contributed by atoms with Gasteiger partial charge in [-0.25, -0.2) is 0 Å². The number of carbonyl (C=O) groups excluding carboxylic acids is 2. The number of hydrogen-bond acceptors (Lipinski definition) is 4. The third kappa shape index (κ3) is 4.41. The number of anilines is 1. The van der Waals surface area contributed by atoms with Crippen molar-refractivity contribution < 1.29 is 14.3 Å². The third-order valence-corrected chi connectivity index (χ3v) is 4.76. The zero-order valence-electron chi connectivity index (χ0n) is 13.1. The van der Waals surface area contributed by atoms with Crippen molar-refractivity contribution in [3.05, 3.63) is 44.6 Å². The van der Waals surface area contributed by atoms with E-state index in [4.69, 9.17) is 27.9 Å². The van der Waals surface area contributed by atoms with Gasteiger partial charge in [0.05, 0.1) is 22.7 Å². The molecule has 1 N–H and O–H groups in total. The number of benzene rings is 1. The number of para-hydroxylation sites is 2. The van der Waals surface area contributed by atoms with Crippen LogP contribution in [0.5, 0.6) is 5.75 Å². The summed E-state index contributed by atoms with van der Waals surface area (Å²) in [6.45, 7) is 2.05. The molecule has 0 atom stereocenters. The van der Waals surface area contributed by atoms with Gasteiger partial charge in [0.25, 0.3) is 5.91 Å². The Kier molecular flexibility index (Phi) is 6.48. The smallest absolute Gasteiger partial charge is 0.256 e. The molecule has 128 valence electrons. The first-order valence-electron chi connectivity index (χ1n) is 7.13. The maximum absolute atomic E-state index is 12.5. The lowest BCUT2D eigenvalue weighted by Gasteiger charge is -2.20. The molecule has 0 spiro atoms. The lowest BCUT2D eigenvalue weighted by molar-refractivity contribution is -0.116. The highest BCUT2D eigenvalue weighted by Crippen LogP contribution is 2.32. The molecule has 1 aromatic carbocycles. The van der Waals surface area contributed by atoms with E-state index < -0.39 is 0 Å². The van der Waals surface area contributed by atoms with Gasteiger partial charge in [0.1, 0.15) is 16.6 Å². The van der Waals surface area contributed by atoms with Gasteiger partial charge in [-0.3, -0.25) is 9.59 Å². The molecule has 24 heavy (non-hydrogen) atoms. The molecule has 0 bridgehead atoms. The summed E-state index contributed by atoms with van der Waals surface area (Å²) in [5.74, 6) is -0.110. The molecule has 2 amide bonds. The van der Waals surface area contributed by atoms with E-state index in [2.05, 4.69) is 5.32 Å². The highest BCUT2D eigenvalue weighted by molar-refractivity contribution is 7.20. The van der Waals surface area contributed by atoms with E-state index in [1.807, 2.05) is 0 Å². The molecular weight excluding hydrogens is 371 g/mol. The molecule has 0 aliphatic carbocycles. The van der Waals surface area contributed by atoms with Crippen LogP contribution in [-0.4, -0.2) is 36.9 Å². The fourth-order valence-corrected chi connectivity index (χ4v) is 3.54. The molecule has 1 heterocycles. The average Bonchev–Trinajstić information content (AvgIpc) is 2.91. The maximum atomic E-state index is 12.5. The highest BCUT2D eigenvalue weighted by atomic mass is 35.5. The van der Waals surface area contributed by atoms with Gasteiger partial charge in [-0.1, -0.05) is 35.3 Å². The average molecular weight is 387 g/mol. The van der Waals surface area contributed by atoms with Gasteiger partial charge in [-0.2, -0.15) is 0 Å². The van der Waals surface area contributed by atoms with Gasteiger partial charge in [-0.05, 0) is 25.1 Å². The fraction of sp³-hybridized carbons (Fsp3) is 0.250. The van der Waals surface area contributed by atoms with Crippen molar-refractivity contribution in [2.24, 2.45) is 0 Å². The van der Waals surface area contributed by atoms with Crippen LogP contribution in [0, 0.1) is 0 Å². The Morgan fingerprint density at radius 1 is 1.29 bits per heavy atom. The number of rotatable bonds is 6. The Bertz CT molecular complexity index is 749. The van der Waals surface area contributed by atoms with Crippen molar-refractivity contribution in [1.29, 1.82) is 0 Å². The van der Waals surface area contributed by atoms with Gasteiger partial charge in [0.15, 0.2) is 0 Å². The zero-order valence-corrected chi connectivity index (χ0v) is 15.5. The minimum atomic E-state index is -0.333. The minimum Gasteiger partial charge on any atom is -0.495 e. The number of amides is 2. The van der Waals surface area contributed by atoms with E-state index >= 15 is 0 Å². The number of carbonyl (C=O) groups is 2. The second-order valence-corrected chi connectivity index (χ2v) is 7.09. The van der Waals surface area contributed by atoms with Gasteiger partial charge in [0.2, 0.25) is 5.91 Å². The number of ether oxygens (including phenoxy) is 1. The summed E-state index contributed by atoms with van der Waals surface area (Å²) in [5, 5.41) is 2.74. The Balaban J connectivity index is 2.08. The van der Waals surface area contributed by atoms with Crippen LogP contribution < -0.4 is 10.1 Å². The summed E-state index contributed by atoms with van der Waals surface area (Å²) in [6.07, 6.45) is 0. The van der Waals surface area contributed by atoms with Crippen molar-refractivity contribution in [3.63, 3.8) is 0 Å². The predicted molar refractivity (Wildman–Crippen MR) is 97.5 cm³/mol. The number of nitrogens with zero attached hydrogens (tertiary/aromatic N) is 1. The molecule has 0 radical (unpaired) electrons. The van der Waals surface area contributed by atoms with E-state index in [-0.39, 0.29) is 18.4 Å². The number of thiophene rings is 1. The Morgan fingerprint density at radius 2 is 2.00 bits per heavy atom. The third-order valence-electron chi connectivity index (χ3n) is 3.27. The minimum absolute atomic E-state index is 0.100. The molecule has 0 fully saturated rings. The number of hydrogen-bond donors (Lipinski definition) is 1. The number of methoxy groups -OCH3 is 1. The zero-order chi connectivity index (χ0) is 17.7. The Morgan fingerprint density at radius 3 is 2.58 bits per heavy atom. The normalized spacial score (nSPS) is 10.3. The summed E-state index contributed by atoms with van der Waals surface area (Å²) in [4.78, 5) is 26.2. The van der Waals surface area contributed by atoms with Crippen LogP contribution in [0.15, 0.2) is 30.3 Å². The summed E-state index contributed by atoms with van der Waals surface area (Å²) in [7, 11) is 1.52. The van der Waals surface area contributed by atoms with Gasteiger partial charge < -0.3 is 15.0 Å². The first kappa shape index (κ1) is 18.6. The van der Waals surface area contributed by atoms with Crippen molar-refractivity contribution in [1.82, 2.24) is 4.90 Å². The van der Waals surface area contributed by atoms with E-state index in [1.165, 1.54) is 18.1 Å². The second-order valence-electron chi connectivity index (χ2n) is 4.81. The SMILES string of the molecule is CCN(CC(=O)Nc1ccccc1OC)C(=O)c1cc(Cl)sc1Cl. The molecule has 0 aliphatic rings. The standard InChI is InChI=1S/C16H16Cl2N2O3S/c1-3-20(16(22)10-8-13(17)24-15(10)18)9-14(21)19-11-6-4-5-7-12(11)23-2/h4-8H,3,9H2,1-2H3,(H,19,21). The fourth-order valence-electron chi connectivity index (χ4n) is 2.09. The van der Waals surface area contributed by atoms with E-state index in [0.717, 1.165) is 11.3 Å². The summed E-state index contributed by atoms with van der Waals surface area (Å²) < 4.78 is 5.93. The van der Waals surface area contributed by atoms with Crippen LogP contribution in [0.4, 0.5) is 5.69 Å². The van der Waals surface area contributed by atoms with Crippen molar-refractivity contribution in [3.8, 4) is 5.75 Å². The van der Waals surface area contributed by atoms with Crippen molar-refractivity contribution in [2.75, 3.05) is 25.5 Å². The molecular formula is C16H16Cl2N2O3S. The van der Waals surface area contributed by atoms with Crippen LogP contribution >= 0.6 is 34.5 Å². The van der Waals surface area contributed by atoms with Crippen LogP contribution in [0.2, 0.25) is 8.67 Å². The molecule has 0 saturated carbocycles. The molecule has 8 heteroatoms. The quantitative estimate of drug-likeness (QED) is 0.810. The van der Waals surface area contributed by atoms with Gasteiger partial charge in [0, 0.05) is 6.54 Å². The maximum Gasteiger partial charge on any atom is 0.256 e. The lowest BCUT2D eigenvalue weighted by Crippen LogP contribution is -2.37. The van der Waals surface area contributed by atoms with Crippen molar-refractivity contribution in [2.45, 2.75) is 6.92 Å². The van der Waals surface area contributed by atoms with Crippen LogP contribution in [0.1, 0.15) is 17.3 Å². The van der Waals surface area contributed by atoms with Gasteiger partial charge >= 0.3 is 0 Å². The predicted octanol–water partition coefficient (Wildman–Crippen LogP) is 4.16. The highest BCUT2D eigenvalue weighted by Gasteiger charge is 2.22. The summed E-state index contributed by atoms with van der Waals surface area (Å²) in [6, 6.07) is 8.57. The van der Waals surface area contributed by atoms with E-state index in [9.17, 15) is 9.59 Å². The second kappa shape index (κ2) is 8.37. The van der Waals surface area contributed by atoms with Crippen molar-refractivity contribution >= 4 is 52.0 Å². The molecule has 5 nitrogen and oxygen atoms in total. The van der Waals surface area contributed by atoms with E-state index in [1.54, 1.807) is 31.2 Å².